The molecule has 2 rings (SSSR count). The van der Waals surface area contributed by atoms with Gasteiger partial charge in [-0.05, 0) is 38.6 Å². The highest BCUT2D eigenvalue weighted by atomic mass is 16.2. The smallest absolute Gasteiger partial charge is 0.236 e. The molecule has 1 aliphatic carbocycles. The van der Waals surface area contributed by atoms with Crippen LogP contribution in [0.5, 0.6) is 0 Å². The van der Waals surface area contributed by atoms with Gasteiger partial charge in [0.05, 0.1) is 6.54 Å². The Morgan fingerprint density at radius 3 is 2.44 bits per heavy atom. The first-order valence-corrected chi connectivity index (χ1v) is 6.38. The predicted molar refractivity (Wildman–Crippen MR) is 64.0 cm³/mol. The largest absolute Gasteiger partial charge is 0.342 e. The van der Waals surface area contributed by atoms with E-state index in [1.807, 2.05) is 4.90 Å². The maximum atomic E-state index is 11.4. The zero-order chi connectivity index (χ0) is 11.5. The highest BCUT2D eigenvalue weighted by Gasteiger charge is 2.29. The fraction of sp³-hybridized carbons (Fsp3) is 0.917. The molecule has 0 unspecified atom stereocenters. The van der Waals surface area contributed by atoms with Crippen molar-refractivity contribution in [2.45, 2.75) is 31.7 Å². The summed E-state index contributed by atoms with van der Waals surface area (Å²) < 4.78 is 0. The molecule has 16 heavy (non-hydrogen) atoms. The minimum atomic E-state index is 0.106. The van der Waals surface area contributed by atoms with Crippen molar-refractivity contribution in [3.05, 3.63) is 0 Å². The van der Waals surface area contributed by atoms with E-state index in [9.17, 15) is 4.79 Å². The summed E-state index contributed by atoms with van der Waals surface area (Å²) in [7, 11) is 2.23. The molecule has 1 saturated heterocycles. The molecule has 2 N–H and O–H groups in total. The predicted octanol–water partition coefficient (Wildman–Crippen LogP) is 0.278. The highest BCUT2D eigenvalue weighted by Crippen LogP contribution is 2.28. The number of carbonyl (C=O) groups excluding carboxylic acids is 1. The molecule has 2 fully saturated rings. The molecule has 1 aliphatic heterocycles. The first kappa shape index (κ1) is 11.9. The molecule has 0 bridgehead atoms. The molecule has 1 amide bonds. The summed E-state index contributed by atoms with van der Waals surface area (Å²) in [6, 6.07) is 0.851. The molecule has 4 nitrogen and oxygen atoms in total. The molecule has 0 radical (unpaired) electrons. The molecule has 4 heteroatoms. The number of nitrogens with zero attached hydrogens (tertiary/aromatic N) is 2. The van der Waals surface area contributed by atoms with Crippen LogP contribution in [0.3, 0.4) is 0 Å². The van der Waals surface area contributed by atoms with Crippen LogP contribution in [-0.2, 0) is 4.79 Å². The quantitative estimate of drug-likeness (QED) is 0.747. The van der Waals surface area contributed by atoms with Crippen LogP contribution in [0, 0.1) is 5.92 Å². The molecule has 1 heterocycles. The Bertz CT molecular complexity index is 245. The van der Waals surface area contributed by atoms with E-state index in [-0.39, 0.29) is 12.5 Å². The molecule has 0 aromatic carbocycles. The van der Waals surface area contributed by atoms with Gasteiger partial charge in [0, 0.05) is 25.7 Å². The molecule has 0 atom stereocenters. The van der Waals surface area contributed by atoms with Crippen LogP contribution in [0.25, 0.3) is 0 Å². The van der Waals surface area contributed by atoms with Crippen LogP contribution < -0.4 is 5.73 Å². The Morgan fingerprint density at radius 2 is 1.94 bits per heavy atom. The van der Waals surface area contributed by atoms with Crippen LogP contribution in [0.15, 0.2) is 0 Å². The first-order valence-electron chi connectivity index (χ1n) is 6.38. The lowest BCUT2D eigenvalue weighted by Crippen LogP contribution is -2.43. The third kappa shape index (κ3) is 2.95. The van der Waals surface area contributed by atoms with Crippen LogP contribution in [0.2, 0.25) is 0 Å². The van der Waals surface area contributed by atoms with Crippen molar-refractivity contribution >= 4 is 5.91 Å². The van der Waals surface area contributed by atoms with Crippen molar-refractivity contribution in [3.8, 4) is 0 Å². The van der Waals surface area contributed by atoms with E-state index in [4.69, 9.17) is 5.73 Å². The van der Waals surface area contributed by atoms with E-state index in [1.165, 1.54) is 19.4 Å². The summed E-state index contributed by atoms with van der Waals surface area (Å²) in [5.41, 5.74) is 5.37. The molecular weight excluding hydrogens is 202 g/mol. The van der Waals surface area contributed by atoms with Crippen molar-refractivity contribution < 1.29 is 4.79 Å². The summed E-state index contributed by atoms with van der Waals surface area (Å²) >= 11 is 0. The maximum Gasteiger partial charge on any atom is 0.236 e. The number of likely N-dealkylation sites (tertiary alicyclic amines) is 1. The van der Waals surface area contributed by atoms with Gasteiger partial charge in [-0.3, -0.25) is 4.79 Å². The highest BCUT2D eigenvalue weighted by molar-refractivity contribution is 5.78. The monoisotopic (exact) mass is 225 g/mol. The maximum absolute atomic E-state index is 11.4. The Kier molecular flexibility index (Phi) is 3.82. The average Bonchev–Trinajstić information content (AvgIpc) is 3.13. The zero-order valence-corrected chi connectivity index (χ0v) is 10.2. The van der Waals surface area contributed by atoms with Gasteiger partial charge in [-0.25, -0.2) is 0 Å². The number of hydrogen-bond acceptors (Lipinski definition) is 3. The van der Waals surface area contributed by atoms with Gasteiger partial charge in [-0.15, -0.1) is 0 Å². The number of hydrogen-bond donors (Lipinski definition) is 1. The lowest BCUT2D eigenvalue weighted by Gasteiger charge is -2.33. The van der Waals surface area contributed by atoms with Gasteiger partial charge >= 0.3 is 0 Å². The second-order valence-electron chi connectivity index (χ2n) is 5.20. The number of carbonyl (C=O) groups is 1. The third-order valence-corrected chi connectivity index (χ3v) is 3.86. The van der Waals surface area contributed by atoms with Crippen LogP contribution >= 0.6 is 0 Å². The van der Waals surface area contributed by atoms with Gasteiger partial charge in [0.1, 0.15) is 0 Å². The second kappa shape index (κ2) is 5.15. The fourth-order valence-electron chi connectivity index (χ4n) is 2.57. The summed E-state index contributed by atoms with van der Waals surface area (Å²) in [6.07, 6.45) is 5.04. The third-order valence-electron chi connectivity index (χ3n) is 3.86. The molecular formula is C12H23N3O. The summed E-state index contributed by atoms with van der Waals surface area (Å²) in [4.78, 5) is 15.8. The van der Waals surface area contributed by atoms with Gasteiger partial charge in [-0.1, -0.05) is 0 Å². The zero-order valence-electron chi connectivity index (χ0n) is 10.2. The van der Waals surface area contributed by atoms with E-state index in [0.717, 1.165) is 37.9 Å². The number of amides is 1. The first-order chi connectivity index (χ1) is 7.70. The van der Waals surface area contributed by atoms with Crippen molar-refractivity contribution in [2.24, 2.45) is 11.7 Å². The Labute approximate surface area is 97.8 Å². The van der Waals surface area contributed by atoms with Gasteiger partial charge in [0.2, 0.25) is 5.91 Å². The molecule has 92 valence electrons. The van der Waals surface area contributed by atoms with Crippen molar-refractivity contribution in [3.63, 3.8) is 0 Å². The minimum absolute atomic E-state index is 0.106. The number of piperidine rings is 1. The van der Waals surface area contributed by atoms with Crippen molar-refractivity contribution in [1.82, 2.24) is 9.80 Å². The van der Waals surface area contributed by atoms with E-state index in [0.29, 0.717) is 0 Å². The molecule has 2 aliphatic rings. The number of rotatable bonds is 4. The molecule has 0 aromatic heterocycles. The topological polar surface area (TPSA) is 49.6 Å². The van der Waals surface area contributed by atoms with Gasteiger partial charge in [0.15, 0.2) is 0 Å². The fourth-order valence-corrected chi connectivity index (χ4v) is 2.57. The van der Waals surface area contributed by atoms with Gasteiger partial charge in [0.25, 0.3) is 0 Å². The normalized spacial score (nSPS) is 22.8. The van der Waals surface area contributed by atoms with Crippen molar-refractivity contribution in [1.29, 1.82) is 0 Å². The lowest BCUT2D eigenvalue weighted by molar-refractivity contribution is -0.131. The van der Waals surface area contributed by atoms with Gasteiger partial charge < -0.3 is 15.5 Å². The van der Waals surface area contributed by atoms with E-state index in [1.54, 1.807) is 0 Å². The summed E-state index contributed by atoms with van der Waals surface area (Å²) in [6.45, 7) is 3.17. The molecule has 0 aromatic rings. The Balaban J connectivity index is 1.70. The summed E-state index contributed by atoms with van der Waals surface area (Å²) in [5, 5.41) is 0. The molecule has 0 spiro atoms. The van der Waals surface area contributed by atoms with Crippen LogP contribution in [-0.4, -0.2) is 55.0 Å². The van der Waals surface area contributed by atoms with Crippen LogP contribution in [0.1, 0.15) is 25.7 Å². The average molecular weight is 225 g/mol. The number of nitrogens with two attached hydrogens (primary N) is 1. The van der Waals surface area contributed by atoms with Crippen LogP contribution in [0.4, 0.5) is 0 Å². The standard InChI is InChI=1S/C12H23N3O/c1-14(11-2-3-11)9-10-4-6-15(7-5-10)12(16)8-13/h10-11H,2-9,13H2,1H3. The SMILES string of the molecule is CN(CC1CCN(C(=O)CN)CC1)C1CC1. The summed E-state index contributed by atoms with van der Waals surface area (Å²) in [5.74, 6) is 0.876. The van der Waals surface area contributed by atoms with E-state index < -0.39 is 0 Å². The Morgan fingerprint density at radius 1 is 1.31 bits per heavy atom. The lowest BCUT2D eigenvalue weighted by atomic mass is 9.96. The van der Waals surface area contributed by atoms with E-state index in [2.05, 4.69) is 11.9 Å². The molecule has 1 saturated carbocycles. The minimum Gasteiger partial charge on any atom is -0.342 e. The Hall–Kier alpha value is -0.610. The second-order valence-corrected chi connectivity index (χ2v) is 5.20. The van der Waals surface area contributed by atoms with E-state index >= 15 is 0 Å². The van der Waals surface area contributed by atoms with Crippen molar-refractivity contribution in [2.75, 3.05) is 33.2 Å². The van der Waals surface area contributed by atoms with Gasteiger partial charge in [-0.2, -0.15) is 0 Å².